The number of aromatic nitrogens is 1. The van der Waals surface area contributed by atoms with Crippen LogP contribution in [0, 0.1) is 0 Å². The molecule has 0 radical (unpaired) electrons. The van der Waals surface area contributed by atoms with Gasteiger partial charge in [-0.05, 0) is 53.8 Å². The molecule has 4 heteroatoms. The molecule has 3 aromatic rings. The van der Waals surface area contributed by atoms with Crippen molar-refractivity contribution in [3.8, 4) is 5.75 Å². The lowest BCUT2D eigenvalue weighted by molar-refractivity contribution is 0.0954. The Balaban J connectivity index is 1.58. The molecule has 0 bridgehead atoms. The molecule has 2 aromatic carbocycles. The van der Waals surface area contributed by atoms with Gasteiger partial charge in [0, 0.05) is 23.8 Å². The fraction of sp³-hybridized carbons (Fsp3) is 0.167. The summed E-state index contributed by atoms with van der Waals surface area (Å²) in [6.45, 7) is 0.603. The third-order valence-corrected chi connectivity index (χ3v) is 3.65. The van der Waals surface area contributed by atoms with Gasteiger partial charge in [-0.3, -0.25) is 4.79 Å². The number of hydrogen-bond donors (Lipinski definition) is 2. The second kappa shape index (κ2) is 6.35. The van der Waals surface area contributed by atoms with Gasteiger partial charge in [-0.15, -0.1) is 0 Å². The van der Waals surface area contributed by atoms with E-state index in [1.165, 1.54) is 10.9 Å². The van der Waals surface area contributed by atoms with Gasteiger partial charge in [0.1, 0.15) is 5.75 Å². The smallest absolute Gasteiger partial charge is 0.251 e. The minimum atomic E-state index is -0.0818. The van der Waals surface area contributed by atoms with Crippen molar-refractivity contribution in [3.05, 3.63) is 65.9 Å². The first-order valence-corrected chi connectivity index (χ1v) is 7.24. The topological polar surface area (TPSA) is 54.1 Å². The predicted octanol–water partition coefficient (Wildman–Crippen LogP) is 3.15. The lowest BCUT2D eigenvalue weighted by atomic mass is 10.1. The fourth-order valence-corrected chi connectivity index (χ4v) is 2.45. The number of nitrogens with one attached hydrogen (secondary N) is 2. The highest BCUT2D eigenvalue weighted by atomic mass is 16.5. The van der Waals surface area contributed by atoms with E-state index in [1.54, 1.807) is 19.2 Å². The van der Waals surface area contributed by atoms with Gasteiger partial charge in [0.2, 0.25) is 0 Å². The molecule has 1 amide bonds. The molecule has 0 fully saturated rings. The van der Waals surface area contributed by atoms with Gasteiger partial charge in [-0.25, -0.2) is 0 Å². The van der Waals surface area contributed by atoms with Crippen LogP contribution in [0.4, 0.5) is 0 Å². The standard InChI is InChI=1S/C18H18N2O2/c1-22-16-4-2-3-15(12-16)18(21)20-9-7-13-5-6-17-14(11-13)8-10-19-17/h2-6,8,10-12,19H,7,9H2,1H3,(H,20,21). The molecule has 0 unspecified atom stereocenters. The van der Waals surface area contributed by atoms with Crippen LogP contribution in [0.1, 0.15) is 15.9 Å². The molecule has 22 heavy (non-hydrogen) atoms. The monoisotopic (exact) mass is 294 g/mol. The minimum Gasteiger partial charge on any atom is -0.497 e. The molecule has 3 rings (SSSR count). The lowest BCUT2D eigenvalue weighted by Crippen LogP contribution is -2.25. The van der Waals surface area contributed by atoms with Crippen LogP contribution in [-0.4, -0.2) is 24.5 Å². The van der Waals surface area contributed by atoms with Gasteiger partial charge in [-0.2, -0.15) is 0 Å². The van der Waals surface area contributed by atoms with Crippen molar-refractivity contribution in [2.75, 3.05) is 13.7 Å². The summed E-state index contributed by atoms with van der Waals surface area (Å²) in [7, 11) is 1.59. The van der Waals surface area contributed by atoms with Crippen LogP contribution < -0.4 is 10.1 Å². The molecule has 112 valence electrons. The second-order valence-electron chi connectivity index (χ2n) is 5.14. The maximum absolute atomic E-state index is 12.1. The van der Waals surface area contributed by atoms with E-state index >= 15 is 0 Å². The van der Waals surface area contributed by atoms with Crippen LogP contribution in [0.25, 0.3) is 10.9 Å². The van der Waals surface area contributed by atoms with Gasteiger partial charge in [0.15, 0.2) is 0 Å². The van der Waals surface area contributed by atoms with Gasteiger partial charge >= 0.3 is 0 Å². The van der Waals surface area contributed by atoms with Gasteiger partial charge in [0.05, 0.1) is 7.11 Å². The molecule has 0 atom stereocenters. The van der Waals surface area contributed by atoms with Crippen LogP contribution in [-0.2, 0) is 6.42 Å². The summed E-state index contributed by atoms with van der Waals surface area (Å²) >= 11 is 0. The minimum absolute atomic E-state index is 0.0818. The number of carbonyl (C=O) groups excluding carboxylic acids is 1. The van der Waals surface area contributed by atoms with Crippen molar-refractivity contribution >= 4 is 16.8 Å². The van der Waals surface area contributed by atoms with Gasteiger partial charge in [0.25, 0.3) is 5.91 Å². The van der Waals surface area contributed by atoms with E-state index in [0.29, 0.717) is 17.9 Å². The Bertz CT molecular complexity index is 792. The first-order valence-electron chi connectivity index (χ1n) is 7.24. The molecule has 2 N–H and O–H groups in total. The number of carbonyl (C=O) groups is 1. The number of rotatable bonds is 5. The quantitative estimate of drug-likeness (QED) is 0.759. The van der Waals surface area contributed by atoms with E-state index in [-0.39, 0.29) is 5.91 Å². The summed E-state index contributed by atoms with van der Waals surface area (Å²) in [5, 5.41) is 4.13. The first kappa shape index (κ1) is 14.2. The number of aromatic amines is 1. The molecule has 0 aliphatic rings. The maximum Gasteiger partial charge on any atom is 0.251 e. The molecule has 0 spiro atoms. The lowest BCUT2D eigenvalue weighted by Gasteiger charge is -2.07. The Kier molecular flexibility index (Phi) is 4.10. The Morgan fingerprint density at radius 1 is 1.18 bits per heavy atom. The summed E-state index contributed by atoms with van der Waals surface area (Å²) in [6.07, 6.45) is 2.73. The van der Waals surface area contributed by atoms with Crippen molar-refractivity contribution in [1.82, 2.24) is 10.3 Å². The molecule has 0 saturated carbocycles. The summed E-state index contributed by atoms with van der Waals surface area (Å²) in [5.74, 6) is 0.604. The number of hydrogen-bond acceptors (Lipinski definition) is 2. The highest BCUT2D eigenvalue weighted by Gasteiger charge is 2.06. The van der Waals surface area contributed by atoms with E-state index in [0.717, 1.165) is 11.9 Å². The predicted molar refractivity (Wildman–Crippen MR) is 87.3 cm³/mol. The number of H-pyrrole nitrogens is 1. The first-order chi connectivity index (χ1) is 10.8. The summed E-state index contributed by atoms with van der Waals surface area (Å²) in [4.78, 5) is 15.3. The van der Waals surface area contributed by atoms with Crippen LogP contribution in [0.5, 0.6) is 5.75 Å². The zero-order valence-electron chi connectivity index (χ0n) is 12.4. The number of fused-ring (bicyclic) bond motifs is 1. The van der Waals surface area contributed by atoms with Crippen molar-refractivity contribution in [2.45, 2.75) is 6.42 Å². The van der Waals surface area contributed by atoms with Crippen LogP contribution in [0.2, 0.25) is 0 Å². The molecule has 4 nitrogen and oxygen atoms in total. The normalized spacial score (nSPS) is 10.6. The van der Waals surface area contributed by atoms with Crippen LogP contribution >= 0.6 is 0 Å². The summed E-state index contributed by atoms with van der Waals surface area (Å²) < 4.78 is 5.13. The van der Waals surface area contributed by atoms with E-state index in [1.807, 2.05) is 24.4 Å². The SMILES string of the molecule is COc1cccc(C(=O)NCCc2ccc3[nH]ccc3c2)c1. The number of methoxy groups -OCH3 is 1. The molecule has 0 aliphatic heterocycles. The van der Waals surface area contributed by atoms with E-state index < -0.39 is 0 Å². The molecule has 1 heterocycles. The average molecular weight is 294 g/mol. The highest BCUT2D eigenvalue weighted by molar-refractivity contribution is 5.94. The molecule has 1 aromatic heterocycles. The summed E-state index contributed by atoms with van der Waals surface area (Å²) in [5.41, 5.74) is 2.95. The van der Waals surface area contributed by atoms with Crippen LogP contribution in [0.15, 0.2) is 54.7 Å². The van der Waals surface area contributed by atoms with Gasteiger partial charge < -0.3 is 15.0 Å². The molecular weight excluding hydrogens is 276 g/mol. The largest absolute Gasteiger partial charge is 0.497 e. The van der Waals surface area contributed by atoms with Crippen LogP contribution in [0.3, 0.4) is 0 Å². The van der Waals surface area contributed by atoms with Crippen molar-refractivity contribution < 1.29 is 9.53 Å². The van der Waals surface area contributed by atoms with E-state index in [4.69, 9.17) is 4.74 Å². The average Bonchev–Trinajstić information content (AvgIpc) is 3.02. The molecular formula is C18H18N2O2. The van der Waals surface area contributed by atoms with Crippen molar-refractivity contribution in [3.63, 3.8) is 0 Å². The highest BCUT2D eigenvalue weighted by Crippen LogP contribution is 2.15. The zero-order valence-corrected chi connectivity index (χ0v) is 12.4. The molecule has 0 saturated heterocycles. The van der Waals surface area contributed by atoms with Crippen molar-refractivity contribution in [2.24, 2.45) is 0 Å². The molecule has 0 aliphatic carbocycles. The fourth-order valence-electron chi connectivity index (χ4n) is 2.45. The van der Waals surface area contributed by atoms with E-state index in [9.17, 15) is 4.79 Å². The number of benzene rings is 2. The third-order valence-electron chi connectivity index (χ3n) is 3.65. The Hall–Kier alpha value is -2.75. The van der Waals surface area contributed by atoms with E-state index in [2.05, 4.69) is 28.5 Å². The number of amides is 1. The summed E-state index contributed by atoms with van der Waals surface area (Å²) in [6, 6.07) is 15.5. The van der Waals surface area contributed by atoms with Gasteiger partial charge in [-0.1, -0.05) is 12.1 Å². The van der Waals surface area contributed by atoms with Crippen molar-refractivity contribution in [1.29, 1.82) is 0 Å². The number of ether oxygens (including phenoxy) is 1. The Morgan fingerprint density at radius 3 is 2.95 bits per heavy atom. The maximum atomic E-state index is 12.1. The Morgan fingerprint density at radius 2 is 2.09 bits per heavy atom. The second-order valence-corrected chi connectivity index (χ2v) is 5.14. The Labute approximate surface area is 129 Å². The zero-order chi connectivity index (χ0) is 15.4. The third kappa shape index (κ3) is 3.11.